The van der Waals surface area contributed by atoms with Gasteiger partial charge in [0.25, 0.3) is 0 Å². The van der Waals surface area contributed by atoms with Crippen molar-refractivity contribution in [2.75, 3.05) is 7.11 Å². The molecule has 5 heteroatoms. The van der Waals surface area contributed by atoms with Gasteiger partial charge >= 0.3 is 5.97 Å². The molecule has 1 aliphatic heterocycles. The predicted octanol–water partition coefficient (Wildman–Crippen LogP) is 3.65. The lowest BCUT2D eigenvalue weighted by molar-refractivity contribution is -0.143. The first kappa shape index (κ1) is 16.4. The van der Waals surface area contributed by atoms with Gasteiger partial charge in [-0.05, 0) is 54.0 Å². The highest BCUT2D eigenvalue weighted by Crippen LogP contribution is 2.44. The SMILES string of the molecule is COC(=O)C1C(C)=NC2=C(C(=O)CCC2)[C@H]1c1ccccc1I. The summed E-state index contributed by atoms with van der Waals surface area (Å²) in [7, 11) is 1.38. The van der Waals surface area contributed by atoms with Crippen LogP contribution in [0, 0.1) is 9.49 Å². The number of hydrogen-bond acceptors (Lipinski definition) is 4. The minimum Gasteiger partial charge on any atom is -0.468 e. The van der Waals surface area contributed by atoms with Gasteiger partial charge < -0.3 is 4.74 Å². The second-order valence-corrected chi connectivity index (χ2v) is 7.05. The zero-order valence-electron chi connectivity index (χ0n) is 13.1. The van der Waals surface area contributed by atoms with Crippen LogP contribution in [0.5, 0.6) is 0 Å². The number of ether oxygens (including phenoxy) is 1. The van der Waals surface area contributed by atoms with E-state index in [0.717, 1.165) is 33.4 Å². The summed E-state index contributed by atoms with van der Waals surface area (Å²) < 4.78 is 6.06. The molecule has 0 bridgehead atoms. The molecular weight excluding hydrogens is 405 g/mol. The Labute approximate surface area is 149 Å². The van der Waals surface area contributed by atoms with Gasteiger partial charge in [-0.3, -0.25) is 14.6 Å². The minimum absolute atomic E-state index is 0.112. The van der Waals surface area contributed by atoms with Gasteiger partial charge in [0.05, 0.1) is 7.11 Å². The number of esters is 1. The van der Waals surface area contributed by atoms with Crippen molar-refractivity contribution in [2.24, 2.45) is 10.9 Å². The van der Waals surface area contributed by atoms with Gasteiger partial charge in [-0.2, -0.15) is 0 Å². The summed E-state index contributed by atoms with van der Waals surface area (Å²) in [5.74, 6) is -1.05. The fourth-order valence-corrected chi connectivity index (χ4v) is 4.22. The number of carbonyl (C=O) groups excluding carboxylic acids is 2. The van der Waals surface area contributed by atoms with Crippen LogP contribution in [0.3, 0.4) is 0 Å². The summed E-state index contributed by atoms with van der Waals surface area (Å²) >= 11 is 2.26. The summed E-state index contributed by atoms with van der Waals surface area (Å²) in [5, 5.41) is 0. The molecule has 23 heavy (non-hydrogen) atoms. The van der Waals surface area contributed by atoms with Gasteiger partial charge in [0.2, 0.25) is 0 Å². The molecule has 120 valence electrons. The molecule has 0 spiro atoms. The zero-order valence-corrected chi connectivity index (χ0v) is 15.3. The number of nitrogens with zero attached hydrogens (tertiary/aromatic N) is 1. The lowest BCUT2D eigenvalue weighted by atomic mass is 9.72. The standard InChI is InChI=1S/C18H18INO3/c1-10-15(18(22)23-2)16(11-6-3-4-7-12(11)19)17-13(20-10)8-5-9-14(17)21/h3-4,6-7,15-16H,5,8-9H2,1-2H3/t15?,16-/m0/s1. The van der Waals surface area contributed by atoms with Crippen LogP contribution in [-0.4, -0.2) is 24.6 Å². The highest BCUT2D eigenvalue weighted by molar-refractivity contribution is 14.1. The maximum absolute atomic E-state index is 12.6. The van der Waals surface area contributed by atoms with Gasteiger partial charge in [-0.25, -0.2) is 0 Å². The normalized spacial score (nSPS) is 24.1. The van der Waals surface area contributed by atoms with Crippen LogP contribution in [0.4, 0.5) is 0 Å². The molecule has 1 aliphatic carbocycles. The quantitative estimate of drug-likeness (QED) is 0.539. The van der Waals surface area contributed by atoms with Crippen LogP contribution in [0.1, 0.15) is 37.7 Å². The molecule has 1 heterocycles. The van der Waals surface area contributed by atoms with Crippen LogP contribution in [0.2, 0.25) is 0 Å². The van der Waals surface area contributed by atoms with E-state index in [1.165, 1.54) is 7.11 Å². The average Bonchev–Trinajstić information content (AvgIpc) is 2.54. The number of benzene rings is 1. The van der Waals surface area contributed by atoms with E-state index in [9.17, 15) is 9.59 Å². The zero-order chi connectivity index (χ0) is 16.6. The van der Waals surface area contributed by atoms with E-state index in [4.69, 9.17) is 4.74 Å². The van der Waals surface area contributed by atoms with Crippen molar-refractivity contribution in [2.45, 2.75) is 32.1 Å². The average molecular weight is 423 g/mol. The molecule has 0 radical (unpaired) electrons. The molecule has 1 aromatic carbocycles. The molecule has 0 fully saturated rings. The summed E-state index contributed by atoms with van der Waals surface area (Å²) in [6.45, 7) is 1.85. The highest BCUT2D eigenvalue weighted by atomic mass is 127. The van der Waals surface area contributed by atoms with Crippen LogP contribution in [0.15, 0.2) is 40.5 Å². The van der Waals surface area contributed by atoms with Crippen LogP contribution >= 0.6 is 22.6 Å². The molecule has 1 unspecified atom stereocenters. The van der Waals surface area contributed by atoms with E-state index in [1.54, 1.807) is 0 Å². The number of aliphatic imine (C=N–C) groups is 1. The molecule has 3 rings (SSSR count). The summed E-state index contributed by atoms with van der Waals surface area (Å²) in [6.07, 6.45) is 2.16. The Morgan fingerprint density at radius 1 is 1.30 bits per heavy atom. The van der Waals surface area contributed by atoms with Crippen molar-refractivity contribution in [1.82, 2.24) is 0 Å². The van der Waals surface area contributed by atoms with Gasteiger partial charge in [0.15, 0.2) is 5.78 Å². The van der Waals surface area contributed by atoms with Crippen LogP contribution in [0.25, 0.3) is 0 Å². The lowest BCUT2D eigenvalue weighted by Crippen LogP contribution is -2.37. The number of methoxy groups -OCH3 is 1. The van der Waals surface area contributed by atoms with E-state index in [1.807, 2.05) is 31.2 Å². The van der Waals surface area contributed by atoms with Crippen LogP contribution < -0.4 is 0 Å². The first-order valence-corrected chi connectivity index (χ1v) is 8.76. The third-order valence-electron chi connectivity index (χ3n) is 4.53. The van der Waals surface area contributed by atoms with Crippen molar-refractivity contribution >= 4 is 40.1 Å². The monoisotopic (exact) mass is 423 g/mol. The van der Waals surface area contributed by atoms with E-state index >= 15 is 0 Å². The Balaban J connectivity index is 2.22. The molecule has 0 N–H and O–H groups in total. The van der Waals surface area contributed by atoms with Crippen molar-refractivity contribution in [3.63, 3.8) is 0 Å². The maximum Gasteiger partial charge on any atom is 0.315 e. The van der Waals surface area contributed by atoms with Gasteiger partial charge in [0, 0.05) is 32.9 Å². The summed E-state index contributed by atoms with van der Waals surface area (Å²) in [5.41, 5.74) is 3.29. The van der Waals surface area contributed by atoms with Gasteiger partial charge in [-0.1, -0.05) is 18.2 Å². The van der Waals surface area contributed by atoms with Crippen molar-refractivity contribution < 1.29 is 14.3 Å². The Morgan fingerprint density at radius 2 is 2.04 bits per heavy atom. The molecule has 0 saturated carbocycles. The third kappa shape index (κ3) is 2.86. The van der Waals surface area contributed by atoms with E-state index < -0.39 is 5.92 Å². The Kier molecular flexibility index (Phi) is 4.66. The fourth-order valence-electron chi connectivity index (χ4n) is 3.50. The third-order valence-corrected chi connectivity index (χ3v) is 5.51. The molecular formula is C18H18INO3. The molecule has 0 amide bonds. The van der Waals surface area contributed by atoms with E-state index in [-0.39, 0.29) is 17.7 Å². The first-order valence-electron chi connectivity index (χ1n) is 7.68. The van der Waals surface area contributed by atoms with Crippen molar-refractivity contribution in [3.8, 4) is 0 Å². The molecule has 4 nitrogen and oxygen atoms in total. The number of halogens is 1. The fraction of sp³-hybridized carbons (Fsp3) is 0.389. The topological polar surface area (TPSA) is 55.7 Å². The predicted molar refractivity (Wildman–Crippen MR) is 96.4 cm³/mol. The highest BCUT2D eigenvalue weighted by Gasteiger charge is 2.43. The number of Topliss-reactive ketones (excluding diaryl/α,β-unsaturated/α-hetero) is 1. The largest absolute Gasteiger partial charge is 0.468 e. The number of rotatable bonds is 2. The second kappa shape index (κ2) is 6.55. The summed E-state index contributed by atoms with van der Waals surface area (Å²) in [6, 6.07) is 7.90. The number of carbonyl (C=O) groups is 2. The smallest absolute Gasteiger partial charge is 0.315 e. The summed E-state index contributed by atoms with van der Waals surface area (Å²) in [4.78, 5) is 29.6. The van der Waals surface area contributed by atoms with Crippen molar-refractivity contribution in [3.05, 3.63) is 44.7 Å². The van der Waals surface area contributed by atoms with Gasteiger partial charge in [0.1, 0.15) is 5.92 Å². The van der Waals surface area contributed by atoms with Crippen LogP contribution in [-0.2, 0) is 14.3 Å². The van der Waals surface area contributed by atoms with E-state index in [2.05, 4.69) is 27.6 Å². The number of ketones is 1. The maximum atomic E-state index is 12.6. The lowest BCUT2D eigenvalue weighted by Gasteiger charge is -2.34. The number of hydrogen-bond donors (Lipinski definition) is 0. The second-order valence-electron chi connectivity index (χ2n) is 5.89. The van der Waals surface area contributed by atoms with E-state index in [0.29, 0.717) is 12.0 Å². The van der Waals surface area contributed by atoms with Gasteiger partial charge in [-0.15, -0.1) is 0 Å². The molecule has 0 aromatic heterocycles. The van der Waals surface area contributed by atoms with Crippen molar-refractivity contribution in [1.29, 1.82) is 0 Å². The Morgan fingerprint density at radius 3 is 2.74 bits per heavy atom. The first-order chi connectivity index (χ1) is 11.0. The Bertz CT molecular complexity index is 736. The molecule has 0 saturated heterocycles. The number of allylic oxidation sites excluding steroid dienone is 2. The molecule has 1 aromatic rings. The molecule has 2 atom stereocenters. The minimum atomic E-state index is -0.531. The Hall–Kier alpha value is -1.50. The molecule has 2 aliphatic rings.